The molecule has 0 saturated heterocycles. The minimum atomic E-state index is -0.00744. The Balaban J connectivity index is 1.60. The molecule has 1 N–H and O–H groups in total. The van der Waals surface area contributed by atoms with Gasteiger partial charge in [0, 0.05) is 11.8 Å². The van der Waals surface area contributed by atoms with Crippen LogP contribution in [0, 0.1) is 13.8 Å². The summed E-state index contributed by atoms with van der Waals surface area (Å²) in [5.74, 6) is -0.00744. The van der Waals surface area contributed by atoms with Gasteiger partial charge >= 0.3 is 0 Å². The summed E-state index contributed by atoms with van der Waals surface area (Å²) in [6.07, 6.45) is 1.19. The van der Waals surface area contributed by atoms with Gasteiger partial charge in [0.15, 0.2) is 5.13 Å². The average molecular weight is 343 g/mol. The summed E-state index contributed by atoms with van der Waals surface area (Å²) in [5, 5.41) is 6.52. The van der Waals surface area contributed by atoms with Crippen LogP contribution in [0.1, 0.15) is 22.7 Å². The van der Waals surface area contributed by atoms with E-state index in [0.29, 0.717) is 11.6 Å². The molecule has 2 aromatic heterocycles. The molecule has 1 amide bonds. The molecule has 0 atom stereocenters. The molecule has 0 spiro atoms. The first-order valence-corrected chi connectivity index (χ1v) is 9.05. The number of rotatable bonds is 5. The molecule has 1 aromatic carbocycles. The van der Waals surface area contributed by atoms with E-state index in [2.05, 4.69) is 15.3 Å². The number of thiazole rings is 2. The lowest BCUT2D eigenvalue weighted by molar-refractivity contribution is -0.116. The highest BCUT2D eigenvalue weighted by Gasteiger charge is 2.12. The van der Waals surface area contributed by atoms with Crippen LogP contribution in [0.2, 0.25) is 0 Å². The number of carbonyl (C=O) groups excluding carboxylic acids is 1. The van der Waals surface area contributed by atoms with E-state index in [-0.39, 0.29) is 5.91 Å². The van der Waals surface area contributed by atoms with Gasteiger partial charge in [0.25, 0.3) is 0 Å². The largest absolute Gasteiger partial charge is 0.302 e. The first-order chi connectivity index (χ1) is 11.1. The standard InChI is InChI=1S/C17H17N3OS2/c1-11-16(23-12(2)18-11)14-10-22-17(19-14)20-15(21)9-8-13-6-4-3-5-7-13/h3-7,10H,8-9H2,1-2H3,(H,19,20,21). The van der Waals surface area contributed by atoms with Crippen molar-refractivity contribution in [2.24, 2.45) is 0 Å². The van der Waals surface area contributed by atoms with Gasteiger partial charge in [-0.2, -0.15) is 0 Å². The fraction of sp³-hybridized carbons (Fsp3) is 0.235. The lowest BCUT2D eigenvalue weighted by Crippen LogP contribution is -2.12. The normalized spacial score (nSPS) is 10.7. The first kappa shape index (κ1) is 15.8. The molecular weight excluding hydrogens is 326 g/mol. The van der Waals surface area contributed by atoms with E-state index < -0.39 is 0 Å². The van der Waals surface area contributed by atoms with Crippen molar-refractivity contribution in [3.05, 3.63) is 52.0 Å². The minimum Gasteiger partial charge on any atom is -0.302 e. The van der Waals surface area contributed by atoms with Crippen molar-refractivity contribution in [2.45, 2.75) is 26.7 Å². The molecule has 0 aliphatic carbocycles. The van der Waals surface area contributed by atoms with Crippen molar-refractivity contribution in [3.8, 4) is 10.6 Å². The second-order valence-corrected chi connectivity index (χ2v) is 7.28. The van der Waals surface area contributed by atoms with Crippen LogP contribution in [0.3, 0.4) is 0 Å². The highest BCUT2D eigenvalue weighted by Crippen LogP contribution is 2.32. The molecule has 3 rings (SSSR count). The Kier molecular flexibility index (Phi) is 4.83. The topological polar surface area (TPSA) is 54.9 Å². The molecule has 23 heavy (non-hydrogen) atoms. The van der Waals surface area contributed by atoms with Crippen LogP contribution in [0.4, 0.5) is 5.13 Å². The molecule has 4 nitrogen and oxygen atoms in total. The molecule has 0 radical (unpaired) electrons. The van der Waals surface area contributed by atoms with Crippen molar-refractivity contribution in [1.29, 1.82) is 0 Å². The summed E-state index contributed by atoms with van der Waals surface area (Å²) >= 11 is 3.08. The van der Waals surface area contributed by atoms with Crippen LogP contribution in [-0.2, 0) is 11.2 Å². The fourth-order valence-electron chi connectivity index (χ4n) is 2.29. The van der Waals surface area contributed by atoms with Crippen LogP contribution in [-0.4, -0.2) is 15.9 Å². The molecule has 0 aliphatic heterocycles. The molecule has 0 unspecified atom stereocenters. The van der Waals surface area contributed by atoms with Gasteiger partial charge in [-0.05, 0) is 25.8 Å². The molecule has 0 fully saturated rings. The van der Waals surface area contributed by atoms with Crippen molar-refractivity contribution < 1.29 is 4.79 Å². The van der Waals surface area contributed by atoms with E-state index in [1.54, 1.807) is 11.3 Å². The van der Waals surface area contributed by atoms with Gasteiger partial charge in [0.1, 0.15) is 0 Å². The molecule has 3 aromatic rings. The first-order valence-electron chi connectivity index (χ1n) is 7.35. The molecular formula is C17H17N3OS2. The SMILES string of the molecule is Cc1nc(C)c(-c2csc(NC(=O)CCc3ccccc3)n2)s1. The molecule has 0 saturated carbocycles. The Morgan fingerprint density at radius 1 is 1.17 bits per heavy atom. The number of carbonyl (C=O) groups is 1. The number of aryl methyl sites for hydroxylation is 3. The predicted octanol–water partition coefficient (Wildman–Crippen LogP) is 4.45. The number of nitrogens with one attached hydrogen (secondary N) is 1. The number of nitrogens with zero attached hydrogens (tertiary/aromatic N) is 2. The number of hydrogen-bond donors (Lipinski definition) is 1. The second kappa shape index (κ2) is 7.02. The van der Waals surface area contributed by atoms with E-state index in [1.807, 2.05) is 49.6 Å². The summed E-state index contributed by atoms with van der Waals surface area (Å²) in [7, 11) is 0. The van der Waals surface area contributed by atoms with Crippen LogP contribution in [0.15, 0.2) is 35.7 Å². The van der Waals surface area contributed by atoms with Crippen LogP contribution < -0.4 is 5.32 Å². The number of benzene rings is 1. The van der Waals surface area contributed by atoms with E-state index >= 15 is 0 Å². The number of hydrogen-bond acceptors (Lipinski definition) is 5. The molecule has 2 heterocycles. The summed E-state index contributed by atoms with van der Waals surface area (Å²) in [4.78, 5) is 22.0. The van der Waals surface area contributed by atoms with Crippen molar-refractivity contribution >= 4 is 33.7 Å². The van der Waals surface area contributed by atoms with Gasteiger partial charge in [0.2, 0.25) is 5.91 Å². The third-order valence-corrected chi connectivity index (χ3v) is 5.22. The average Bonchev–Trinajstić information content (AvgIpc) is 3.12. The number of amides is 1. The van der Waals surface area contributed by atoms with Crippen molar-refractivity contribution in [3.63, 3.8) is 0 Å². The summed E-state index contributed by atoms with van der Waals surface area (Å²) in [6.45, 7) is 3.97. The maximum atomic E-state index is 12.0. The summed E-state index contributed by atoms with van der Waals surface area (Å²) in [6, 6.07) is 10.0. The molecule has 6 heteroatoms. The lowest BCUT2D eigenvalue weighted by atomic mass is 10.1. The van der Waals surface area contributed by atoms with Crippen LogP contribution in [0.5, 0.6) is 0 Å². The molecule has 0 bridgehead atoms. The van der Waals surface area contributed by atoms with Crippen molar-refractivity contribution in [1.82, 2.24) is 9.97 Å². The van der Waals surface area contributed by atoms with Gasteiger partial charge in [-0.15, -0.1) is 22.7 Å². The number of aromatic nitrogens is 2. The fourth-order valence-corrected chi connectivity index (χ4v) is 3.96. The molecule has 118 valence electrons. The van der Waals surface area contributed by atoms with E-state index in [4.69, 9.17) is 0 Å². The van der Waals surface area contributed by atoms with E-state index in [0.717, 1.165) is 27.7 Å². The zero-order valence-electron chi connectivity index (χ0n) is 13.0. The quantitative estimate of drug-likeness (QED) is 0.744. The minimum absolute atomic E-state index is 0.00744. The zero-order chi connectivity index (χ0) is 16.2. The maximum absolute atomic E-state index is 12.0. The van der Waals surface area contributed by atoms with E-state index in [9.17, 15) is 4.79 Å². The van der Waals surface area contributed by atoms with Gasteiger partial charge in [-0.1, -0.05) is 30.3 Å². The Bertz CT molecular complexity index is 808. The maximum Gasteiger partial charge on any atom is 0.226 e. The second-order valence-electron chi connectivity index (χ2n) is 5.22. The highest BCUT2D eigenvalue weighted by atomic mass is 32.1. The summed E-state index contributed by atoms with van der Waals surface area (Å²) in [5.41, 5.74) is 3.04. The Hall–Kier alpha value is -2.05. The monoisotopic (exact) mass is 343 g/mol. The highest BCUT2D eigenvalue weighted by molar-refractivity contribution is 7.16. The van der Waals surface area contributed by atoms with Gasteiger partial charge in [-0.25, -0.2) is 9.97 Å². The Labute approximate surface area is 143 Å². The predicted molar refractivity (Wildman–Crippen MR) is 96.1 cm³/mol. The lowest BCUT2D eigenvalue weighted by Gasteiger charge is -2.02. The van der Waals surface area contributed by atoms with Crippen LogP contribution >= 0.6 is 22.7 Å². The zero-order valence-corrected chi connectivity index (χ0v) is 14.6. The van der Waals surface area contributed by atoms with E-state index in [1.165, 1.54) is 16.9 Å². The third-order valence-electron chi connectivity index (χ3n) is 3.37. The van der Waals surface area contributed by atoms with Gasteiger partial charge in [0.05, 0.1) is 21.3 Å². The Morgan fingerprint density at radius 3 is 2.65 bits per heavy atom. The summed E-state index contributed by atoms with van der Waals surface area (Å²) < 4.78 is 0. The molecule has 0 aliphatic rings. The van der Waals surface area contributed by atoms with Gasteiger partial charge in [-0.3, -0.25) is 4.79 Å². The smallest absolute Gasteiger partial charge is 0.226 e. The number of anilines is 1. The third kappa shape index (κ3) is 4.03. The Morgan fingerprint density at radius 2 is 1.96 bits per heavy atom. The van der Waals surface area contributed by atoms with Crippen LogP contribution in [0.25, 0.3) is 10.6 Å². The van der Waals surface area contributed by atoms with Gasteiger partial charge < -0.3 is 5.32 Å². The van der Waals surface area contributed by atoms with Crippen molar-refractivity contribution in [2.75, 3.05) is 5.32 Å².